The normalized spacial score (nSPS) is 19.6. The Morgan fingerprint density at radius 2 is 2.25 bits per heavy atom. The third-order valence-corrected chi connectivity index (χ3v) is 2.90. The number of phenolic OH excluding ortho intramolecular Hbond substituents is 1. The maximum absolute atomic E-state index is 11.2. The summed E-state index contributed by atoms with van der Waals surface area (Å²) in [6.07, 6.45) is 1.53. The number of ketones is 1. The molecule has 1 aromatic carbocycles. The standard InChI is InChI=1S/C13H15NO2/c1-8-3-6-13(16)10(7-8)12-5-4-11(14-12)9(2)15/h3,6-7,11,16H,4-5H2,1-2H3. The molecule has 1 aromatic rings. The second-order valence-corrected chi connectivity index (χ2v) is 4.26. The van der Waals surface area contributed by atoms with Crippen molar-refractivity contribution >= 4 is 11.5 Å². The minimum absolute atomic E-state index is 0.0992. The molecule has 0 amide bonds. The fourth-order valence-corrected chi connectivity index (χ4v) is 1.97. The van der Waals surface area contributed by atoms with Crippen molar-refractivity contribution in [2.45, 2.75) is 32.7 Å². The Kier molecular flexibility index (Phi) is 2.77. The molecule has 1 heterocycles. The van der Waals surface area contributed by atoms with Crippen LogP contribution in [0.15, 0.2) is 23.2 Å². The molecule has 3 heteroatoms. The lowest BCUT2D eigenvalue weighted by Crippen LogP contribution is -2.10. The van der Waals surface area contributed by atoms with E-state index in [1.165, 1.54) is 0 Å². The lowest BCUT2D eigenvalue weighted by Gasteiger charge is -2.04. The van der Waals surface area contributed by atoms with Gasteiger partial charge in [-0.25, -0.2) is 0 Å². The fraction of sp³-hybridized carbons (Fsp3) is 0.385. The van der Waals surface area contributed by atoms with Gasteiger partial charge in [-0.1, -0.05) is 11.6 Å². The molecule has 0 radical (unpaired) electrons. The van der Waals surface area contributed by atoms with Gasteiger partial charge in [-0.15, -0.1) is 0 Å². The van der Waals surface area contributed by atoms with Crippen LogP contribution in [0.25, 0.3) is 0 Å². The first kappa shape index (κ1) is 10.9. The summed E-state index contributed by atoms with van der Waals surface area (Å²) in [7, 11) is 0. The van der Waals surface area contributed by atoms with E-state index in [2.05, 4.69) is 4.99 Å². The van der Waals surface area contributed by atoms with Crippen LogP contribution in [0.5, 0.6) is 5.75 Å². The van der Waals surface area contributed by atoms with Crippen LogP contribution in [-0.2, 0) is 4.79 Å². The number of aromatic hydroxyl groups is 1. The first-order chi connectivity index (χ1) is 7.58. The fourth-order valence-electron chi connectivity index (χ4n) is 1.97. The van der Waals surface area contributed by atoms with Crippen molar-refractivity contribution in [2.75, 3.05) is 0 Å². The van der Waals surface area contributed by atoms with Gasteiger partial charge in [-0.05, 0) is 38.8 Å². The average molecular weight is 217 g/mol. The Balaban J connectivity index is 2.35. The van der Waals surface area contributed by atoms with E-state index >= 15 is 0 Å². The lowest BCUT2D eigenvalue weighted by molar-refractivity contribution is -0.118. The highest BCUT2D eigenvalue weighted by molar-refractivity contribution is 6.06. The van der Waals surface area contributed by atoms with Crippen molar-refractivity contribution in [1.82, 2.24) is 0 Å². The van der Waals surface area contributed by atoms with E-state index < -0.39 is 0 Å². The molecule has 1 unspecified atom stereocenters. The number of rotatable bonds is 2. The SMILES string of the molecule is CC(=O)C1CCC(c2cc(C)ccc2O)=N1. The molecular formula is C13H15NO2. The summed E-state index contributed by atoms with van der Waals surface area (Å²) >= 11 is 0. The van der Waals surface area contributed by atoms with Crippen molar-refractivity contribution in [2.24, 2.45) is 4.99 Å². The van der Waals surface area contributed by atoms with Gasteiger partial charge < -0.3 is 5.11 Å². The molecule has 16 heavy (non-hydrogen) atoms. The molecule has 0 saturated heterocycles. The number of Topliss-reactive ketones (excluding diaryl/α,β-unsaturated/α-hetero) is 1. The van der Waals surface area contributed by atoms with Crippen molar-refractivity contribution in [1.29, 1.82) is 0 Å². The summed E-state index contributed by atoms with van der Waals surface area (Å²) in [5.41, 5.74) is 2.70. The quantitative estimate of drug-likeness (QED) is 0.825. The Morgan fingerprint density at radius 3 is 2.88 bits per heavy atom. The minimum atomic E-state index is -0.213. The number of aryl methyl sites for hydroxylation is 1. The van der Waals surface area contributed by atoms with Gasteiger partial charge in [-0.3, -0.25) is 9.79 Å². The number of carbonyl (C=O) groups excluding carboxylic acids is 1. The van der Waals surface area contributed by atoms with Crippen LogP contribution in [0.4, 0.5) is 0 Å². The Morgan fingerprint density at radius 1 is 1.50 bits per heavy atom. The summed E-state index contributed by atoms with van der Waals surface area (Å²) < 4.78 is 0. The van der Waals surface area contributed by atoms with Gasteiger partial charge >= 0.3 is 0 Å². The zero-order valence-corrected chi connectivity index (χ0v) is 9.53. The first-order valence-corrected chi connectivity index (χ1v) is 5.45. The highest BCUT2D eigenvalue weighted by Crippen LogP contribution is 2.26. The molecule has 1 N–H and O–H groups in total. The van der Waals surface area contributed by atoms with Crippen molar-refractivity contribution in [3.63, 3.8) is 0 Å². The number of aliphatic imine (C=N–C) groups is 1. The Hall–Kier alpha value is -1.64. The minimum Gasteiger partial charge on any atom is -0.507 e. The number of benzene rings is 1. The van der Waals surface area contributed by atoms with Crippen LogP contribution in [-0.4, -0.2) is 22.6 Å². The summed E-state index contributed by atoms with van der Waals surface area (Å²) in [4.78, 5) is 15.6. The van der Waals surface area contributed by atoms with E-state index in [0.717, 1.165) is 29.7 Å². The molecule has 2 rings (SSSR count). The van der Waals surface area contributed by atoms with E-state index in [-0.39, 0.29) is 17.6 Å². The van der Waals surface area contributed by atoms with Crippen LogP contribution in [0.1, 0.15) is 30.9 Å². The van der Waals surface area contributed by atoms with E-state index in [1.54, 1.807) is 13.0 Å². The third-order valence-electron chi connectivity index (χ3n) is 2.90. The van der Waals surface area contributed by atoms with Crippen molar-refractivity contribution in [3.05, 3.63) is 29.3 Å². The van der Waals surface area contributed by atoms with Gasteiger partial charge in [0.1, 0.15) is 11.8 Å². The topological polar surface area (TPSA) is 49.7 Å². The van der Waals surface area contributed by atoms with E-state index in [9.17, 15) is 9.90 Å². The lowest BCUT2D eigenvalue weighted by atomic mass is 10.0. The number of carbonyl (C=O) groups is 1. The second-order valence-electron chi connectivity index (χ2n) is 4.26. The maximum Gasteiger partial charge on any atom is 0.154 e. The van der Waals surface area contributed by atoms with Gasteiger partial charge in [-0.2, -0.15) is 0 Å². The largest absolute Gasteiger partial charge is 0.507 e. The third kappa shape index (κ3) is 1.98. The Labute approximate surface area is 94.8 Å². The van der Waals surface area contributed by atoms with Gasteiger partial charge in [0.2, 0.25) is 0 Å². The van der Waals surface area contributed by atoms with Crippen molar-refractivity contribution < 1.29 is 9.90 Å². The van der Waals surface area contributed by atoms with Crippen LogP contribution in [0, 0.1) is 6.92 Å². The highest BCUT2D eigenvalue weighted by atomic mass is 16.3. The molecule has 0 bridgehead atoms. The highest BCUT2D eigenvalue weighted by Gasteiger charge is 2.23. The van der Waals surface area contributed by atoms with Crippen molar-refractivity contribution in [3.8, 4) is 5.75 Å². The summed E-state index contributed by atoms with van der Waals surface area (Å²) in [5.74, 6) is 0.343. The molecular weight excluding hydrogens is 202 g/mol. The van der Waals surface area contributed by atoms with E-state index in [4.69, 9.17) is 0 Å². The zero-order chi connectivity index (χ0) is 11.7. The van der Waals surface area contributed by atoms with Crippen LogP contribution >= 0.6 is 0 Å². The van der Waals surface area contributed by atoms with Crippen LogP contribution in [0.2, 0.25) is 0 Å². The number of hydrogen-bond donors (Lipinski definition) is 1. The molecule has 0 saturated carbocycles. The molecule has 0 aromatic heterocycles. The van der Waals surface area contributed by atoms with Gasteiger partial charge in [0.15, 0.2) is 5.78 Å². The summed E-state index contributed by atoms with van der Waals surface area (Å²) in [6.45, 7) is 3.54. The molecule has 3 nitrogen and oxygen atoms in total. The van der Waals surface area contributed by atoms with Gasteiger partial charge in [0, 0.05) is 11.3 Å². The molecule has 0 spiro atoms. The monoisotopic (exact) mass is 217 g/mol. The van der Waals surface area contributed by atoms with Crippen LogP contribution < -0.4 is 0 Å². The maximum atomic E-state index is 11.2. The molecule has 1 aliphatic rings. The zero-order valence-electron chi connectivity index (χ0n) is 9.53. The molecule has 1 atom stereocenters. The van der Waals surface area contributed by atoms with E-state index in [0.29, 0.717) is 0 Å². The summed E-state index contributed by atoms with van der Waals surface area (Å²) in [6, 6.07) is 5.23. The predicted octanol–water partition coefficient (Wildman–Crippen LogP) is 2.24. The first-order valence-electron chi connectivity index (χ1n) is 5.45. The molecule has 84 valence electrons. The second kappa shape index (κ2) is 4.08. The van der Waals surface area contributed by atoms with E-state index in [1.807, 2.05) is 19.1 Å². The number of phenols is 1. The molecule has 0 fully saturated rings. The number of hydrogen-bond acceptors (Lipinski definition) is 3. The van der Waals surface area contributed by atoms with Crippen LogP contribution in [0.3, 0.4) is 0 Å². The Bertz CT molecular complexity index is 463. The number of nitrogens with zero attached hydrogens (tertiary/aromatic N) is 1. The molecule has 1 aliphatic heterocycles. The van der Waals surface area contributed by atoms with Gasteiger partial charge in [0.25, 0.3) is 0 Å². The molecule has 0 aliphatic carbocycles. The predicted molar refractivity (Wildman–Crippen MR) is 63.1 cm³/mol. The summed E-state index contributed by atoms with van der Waals surface area (Å²) in [5, 5.41) is 9.75. The average Bonchev–Trinajstić information content (AvgIpc) is 2.70. The van der Waals surface area contributed by atoms with Gasteiger partial charge in [0.05, 0.1) is 0 Å². The smallest absolute Gasteiger partial charge is 0.154 e.